The molecule has 0 saturated heterocycles. The maximum absolute atomic E-state index is 12.8. The van der Waals surface area contributed by atoms with Gasteiger partial charge >= 0.3 is 0 Å². The molecule has 0 radical (unpaired) electrons. The second-order valence-corrected chi connectivity index (χ2v) is 6.51. The first-order valence-corrected chi connectivity index (χ1v) is 8.23. The molecule has 5 heteroatoms. The highest BCUT2D eigenvalue weighted by molar-refractivity contribution is 5.94. The zero-order chi connectivity index (χ0) is 16.0. The number of likely N-dealkylation sites (N-methyl/N-ethyl adjacent to an activating group) is 1. The minimum atomic E-state index is -0.0172. The Morgan fingerprint density at radius 3 is 3.04 bits per heavy atom. The van der Waals surface area contributed by atoms with Crippen molar-refractivity contribution in [3.63, 3.8) is 0 Å². The van der Waals surface area contributed by atoms with Crippen molar-refractivity contribution in [2.75, 3.05) is 7.05 Å². The van der Waals surface area contributed by atoms with E-state index in [0.717, 1.165) is 42.7 Å². The first-order chi connectivity index (χ1) is 11.1. The third-order valence-electron chi connectivity index (χ3n) is 5.15. The van der Waals surface area contributed by atoms with E-state index in [1.165, 1.54) is 5.56 Å². The van der Waals surface area contributed by atoms with Crippen molar-refractivity contribution in [1.29, 1.82) is 0 Å². The molecule has 2 aliphatic rings. The Bertz CT molecular complexity index is 727. The molecule has 1 N–H and O–H groups in total. The van der Waals surface area contributed by atoms with Gasteiger partial charge in [0.05, 0.1) is 6.04 Å². The van der Waals surface area contributed by atoms with E-state index < -0.39 is 0 Å². The predicted octanol–water partition coefficient (Wildman–Crippen LogP) is 2.36. The normalized spacial score (nSPS) is 19.8. The van der Waals surface area contributed by atoms with Gasteiger partial charge in [-0.2, -0.15) is 5.10 Å². The van der Waals surface area contributed by atoms with Crippen LogP contribution < -0.4 is 4.74 Å². The van der Waals surface area contributed by atoms with Crippen LogP contribution in [0.15, 0.2) is 24.3 Å². The number of hydrogen-bond donors (Lipinski definition) is 1. The fraction of sp³-hybridized carbons (Fsp3) is 0.444. The zero-order valence-corrected chi connectivity index (χ0v) is 13.5. The Morgan fingerprint density at radius 1 is 1.39 bits per heavy atom. The molecule has 1 aromatic heterocycles. The number of aryl methyl sites for hydroxylation is 1. The highest BCUT2D eigenvalue weighted by atomic mass is 16.5. The number of aromatic nitrogens is 2. The molecule has 1 aliphatic carbocycles. The molecule has 0 saturated carbocycles. The number of aromatic amines is 1. The van der Waals surface area contributed by atoms with Crippen molar-refractivity contribution >= 4 is 5.91 Å². The number of hydrogen-bond acceptors (Lipinski definition) is 3. The lowest BCUT2D eigenvalue weighted by Crippen LogP contribution is -2.45. The average molecular weight is 311 g/mol. The first-order valence-electron chi connectivity index (χ1n) is 8.23. The monoisotopic (exact) mass is 311 g/mol. The topological polar surface area (TPSA) is 58.2 Å². The van der Waals surface area contributed by atoms with Crippen molar-refractivity contribution in [3.05, 3.63) is 46.8 Å². The van der Waals surface area contributed by atoms with Crippen molar-refractivity contribution in [3.8, 4) is 5.75 Å². The van der Waals surface area contributed by atoms with Gasteiger partial charge in [0.15, 0.2) is 5.69 Å². The summed E-state index contributed by atoms with van der Waals surface area (Å²) in [4.78, 5) is 14.6. The molecule has 2 atom stereocenters. The quantitative estimate of drug-likeness (QED) is 0.946. The molecule has 2 unspecified atom stereocenters. The van der Waals surface area contributed by atoms with Crippen LogP contribution in [0.4, 0.5) is 0 Å². The molecule has 23 heavy (non-hydrogen) atoms. The van der Waals surface area contributed by atoms with Gasteiger partial charge in [-0.05, 0) is 37.8 Å². The maximum atomic E-state index is 12.8. The number of H-pyrrole nitrogens is 1. The van der Waals surface area contributed by atoms with Crippen molar-refractivity contribution in [2.24, 2.45) is 0 Å². The van der Waals surface area contributed by atoms with E-state index in [0.29, 0.717) is 5.69 Å². The van der Waals surface area contributed by atoms with Gasteiger partial charge in [-0.3, -0.25) is 9.89 Å². The molecule has 0 fully saturated rings. The largest absolute Gasteiger partial charge is 0.488 e. The predicted molar refractivity (Wildman–Crippen MR) is 86.7 cm³/mol. The van der Waals surface area contributed by atoms with Gasteiger partial charge in [0.2, 0.25) is 0 Å². The van der Waals surface area contributed by atoms with Gasteiger partial charge in [-0.15, -0.1) is 0 Å². The lowest BCUT2D eigenvalue weighted by Gasteiger charge is -2.29. The number of nitrogens with one attached hydrogen (secondary N) is 1. The van der Waals surface area contributed by atoms with Crippen LogP contribution in [0.3, 0.4) is 0 Å². The highest BCUT2D eigenvalue weighted by Gasteiger charge is 2.34. The molecule has 0 bridgehead atoms. The van der Waals surface area contributed by atoms with Crippen LogP contribution in [0, 0.1) is 0 Å². The summed E-state index contributed by atoms with van der Waals surface area (Å²) >= 11 is 0. The summed E-state index contributed by atoms with van der Waals surface area (Å²) < 4.78 is 6.03. The third-order valence-corrected chi connectivity index (χ3v) is 5.15. The zero-order valence-electron chi connectivity index (χ0n) is 13.5. The van der Waals surface area contributed by atoms with E-state index in [-0.39, 0.29) is 18.1 Å². The van der Waals surface area contributed by atoms with E-state index >= 15 is 0 Å². The minimum Gasteiger partial charge on any atom is -0.488 e. The van der Waals surface area contributed by atoms with E-state index in [2.05, 4.69) is 16.3 Å². The number of nitrogens with zero attached hydrogens (tertiary/aromatic N) is 2. The van der Waals surface area contributed by atoms with Crippen LogP contribution in [-0.2, 0) is 19.3 Å². The van der Waals surface area contributed by atoms with E-state index in [1.54, 1.807) is 4.90 Å². The van der Waals surface area contributed by atoms with E-state index in [9.17, 15) is 4.79 Å². The molecule has 1 aromatic carbocycles. The average Bonchev–Trinajstić information content (AvgIpc) is 3.26. The number of ether oxygens (including phenoxy) is 1. The highest BCUT2D eigenvalue weighted by Crippen LogP contribution is 2.31. The van der Waals surface area contributed by atoms with Crippen molar-refractivity contribution < 1.29 is 9.53 Å². The molecule has 0 spiro atoms. The maximum Gasteiger partial charge on any atom is 0.274 e. The molecular weight excluding hydrogens is 290 g/mol. The Morgan fingerprint density at radius 2 is 2.22 bits per heavy atom. The van der Waals surface area contributed by atoms with Crippen LogP contribution >= 0.6 is 0 Å². The second kappa shape index (κ2) is 5.41. The van der Waals surface area contributed by atoms with Gasteiger partial charge in [-0.1, -0.05) is 18.2 Å². The Balaban J connectivity index is 1.50. The summed E-state index contributed by atoms with van der Waals surface area (Å²) in [6.45, 7) is 2.04. The Labute approximate surface area is 135 Å². The molecule has 1 aliphatic heterocycles. The van der Waals surface area contributed by atoms with Crippen molar-refractivity contribution in [2.45, 2.75) is 44.8 Å². The lowest BCUT2D eigenvalue weighted by molar-refractivity contribution is 0.0591. The SMILES string of the molecule is CC(C1Cc2ccccc2O1)N(C)C(=O)c1n[nH]c2c1CCC2. The van der Waals surface area contributed by atoms with Crippen LogP contribution in [-0.4, -0.2) is 40.2 Å². The number of amides is 1. The number of carbonyl (C=O) groups excluding carboxylic acids is 1. The second-order valence-electron chi connectivity index (χ2n) is 6.51. The van der Waals surface area contributed by atoms with Crippen LogP contribution in [0.25, 0.3) is 0 Å². The third kappa shape index (κ3) is 2.31. The number of carbonyl (C=O) groups is 1. The molecule has 5 nitrogen and oxygen atoms in total. The molecule has 4 rings (SSSR count). The van der Waals surface area contributed by atoms with Crippen LogP contribution in [0.1, 0.15) is 40.7 Å². The lowest BCUT2D eigenvalue weighted by atomic mass is 10.0. The molecule has 2 heterocycles. The van der Waals surface area contributed by atoms with Gasteiger partial charge in [0.25, 0.3) is 5.91 Å². The van der Waals surface area contributed by atoms with Crippen LogP contribution in [0.2, 0.25) is 0 Å². The fourth-order valence-corrected chi connectivity index (χ4v) is 3.58. The molecule has 2 aromatic rings. The van der Waals surface area contributed by atoms with E-state index in [1.807, 2.05) is 32.2 Å². The van der Waals surface area contributed by atoms with Gasteiger partial charge in [0.1, 0.15) is 11.9 Å². The fourth-order valence-electron chi connectivity index (χ4n) is 3.58. The van der Waals surface area contributed by atoms with Gasteiger partial charge in [-0.25, -0.2) is 0 Å². The smallest absolute Gasteiger partial charge is 0.274 e. The molecular formula is C18H21N3O2. The molecule has 120 valence electrons. The number of benzene rings is 1. The van der Waals surface area contributed by atoms with Crippen LogP contribution in [0.5, 0.6) is 5.75 Å². The number of fused-ring (bicyclic) bond motifs is 2. The molecule has 1 amide bonds. The minimum absolute atomic E-state index is 0.00617. The Kier molecular flexibility index (Phi) is 3.36. The van der Waals surface area contributed by atoms with E-state index in [4.69, 9.17) is 4.74 Å². The summed E-state index contributed by atoms with van der Waals surface area (Å²) in [6.07, 6.45) is 3.88. The van der Waals surface area contributed by atoms with Gasteiger partial charge < -0.3 is 9.64 Å². The van der Waals surface area contributed by atoms with Gasteiger partial charge in [0, 0.05) is 24.7 Å². The summed E-state index contributed by atoms with van der Waals surface area (Å²) in [7, 11) is 1.84. The van der Waals surface area contributed by atoms with Crippen molar-refractivity contribution in [1.82, 2.24) is 15.1 Å². The summed E-state index contributed by atoms with van der Waals surface area (Å²) in [5.74, 6) is 0.919. The number of rotatable bonds is 3. The first kappa shape index (κ1) is 14.3. The standard InChI is InChI=1S/C18H21N3O2/c1-11(16-10-12-6-3-4-9-15(12)23-16)21(2)18(22)17-13-7-5-8-14(13)19-20-17/h3-4,6,9,11,16H,5,7-8,10H2,1-2H3,(H,19,20). The number of para-hydroxylation sites is 1. The Hall–Kier alpha value is -2.30. The summed E-state index contributed by atoms with van der Waals surface area (Å²) in [5, 5.41) is 7.27. The summed E-state index contributed by atoms with van der Waals surface area (Å²) in [5.41, 5.74) is 4.02. The summed E-state index contributed by atoms with van der Waals surface area (Å²) in [6, 6.07) is 8.07.